The van der Waals surface area contributed by atoms with Gasteiger partial charge in [0.05, 0.1) is 22.0 Å². The van der Waals surface area contributed by atoms with Crippen LogP contribution >= 0.6 is 23.1 Å². The quantitative estimate of drug-likeness (QED) is 0.555. The Morgan fingerprint density at radius 1 is 1.19 bits per heavy atom. The number of amidine groups is 1. The molecule has 0 saturated carbocycles. The van der Waals surface area contributed by atoms with Crippen LogP contribution in [0.3, 0.4) is 0 Å². The number of aromatic nitrogens is 1. The molecule has 2 amide bonds. The smallest absolute Gasteiger partial charge is 0.264 e. The first-order chi connectivity index (χ1) is 14.9. The Labute approximate surface area is 186 Å². The molecule has 1 aliphatic rings. The molecular weight excluding hydrogens is 435 g/mol. The summed E-state index contributed by atoms with van der Waals surface area (Å²) in [6.45, 7) is 3.34. The number of anilines is 2. The maximum Gasteiger partial charge on any atom is 0.264 e. The van der Waals surface area contributed by atoms with Crippen molar-refractivity contribution in [2.45, 2.75) is 13.8 Å². The Hall–Kier alpha value is -3.30. The fourth-order valence-electron chi connectivity index (χ4n) is 2.84. The molecule has 1 aromatic heterocycles. The van der Waals surface area contributed by atoms with Crippen LogP contribution in [0.2, 0.25) is 0 Å². The number of para-hydroxylation sites is 1. The molecule has 2 aromatic carbocycles. The first-order valence-corrected chi connectivity index (χ1v) is 11.0. The normalized spacial score (nSPS) is 16.0. The standard InChI is InChI=1S/C22H17FN4O2S2/c1-13-7-9-15(10-8-13)24-21-26-20(29)19(31-21)11-16-12-30-22(25-16)27(14(2)28)18-6-4-3-5-17(18)23/h3-12H,1-2H3,(H,24,26,29). The predicted octanol–water partition coefficient (Wildman–Crippen LogP) is 5.17. The predicted molar refractivity (Wildman–Crippen MR) is 123 cm³/mol. The summed E-state index contributed by atoms with van der Waals surface area (Å²) in [6, 6.07) is 13.7. The average molecular weight is 453 g/mol. The maximum absolute atomic E-state index is 14.2. The lowest BCUT2D eigenvalue weighted by Gasteiger charge is -2.18. The second kappa shape index (κ2) is 8.83. The molecule has 3 aromatic rings. The van der Waals surface area contributed by atoms with Gasteiger partial charge < -0.3 is 5.32 Å². The Morgan fingerprint density at radius 2 is 1.94 bits per heavy atom. The van der Waals surface area contributed by atoms with Crippen molar-refractivity contribution in [3.63, 3.8) is 0 Å². The average Bonchev–Trinajstić information content (AvgIpc) is 3.32. The van der Waals surface area contributed by atoms with E-state index in [1.54, 1.807) is 23.6 Å². The van der Waals surface area contributed by atoms with E-state index >= 15 is 0 Å². The van der Waals surface area contributed by atoms with E-state index in [9.17, 15) is 14.0 Å². The molecule has 6 nitrogen and oxygen atoms in total. The van der Waals surface area contributed by atoms with Crippen LogP contribution in [0.1, 0.15) is 18.2 Å². The van der Waals surface area contributed by atoms with Crippen LogP contribution in [0.15, 0.2) is 63.8 Å². The number of hydrogen-bond donors (Lipinski definition) is 1. The highest BCUT2D eigenvalue weighted by Gasteiger charge is 2.25. The number of hydrogen-bond acceptors (Lipinski definition) is 6. The summed E-state index contributed by atoms with van der Waals surface area (Å²) in [4.78, 5) is 35.0. The number of thioether (sulfide) groups is 1. The number of amides is 2. The Morgan fingerprint density at radius 3 is 2.65 bits per heavy atom. The molecule has 9 heteroatoms. The monoisotopic (exact) mass is 452 g/mol. The highest BCUT2D eigenvalue weighted by Crippen LogP contribution is 2.33. The summed E-state index contributed by atoms with van der Waals surface area (Å²) in [6.07, 6.45) is 1.62. The van der Waals surface area contributed by atoms with Crippen LogP contribution in [-0.4, -0.2) is 22.0 Å². The van der Waals surface area contributed by atoms with Gasteiger partial charge >= 0.3 is 0 Å². The molecule has 0 bridgehead atoms. The Bertz CT molecular complexity index is 1220. The van der Waals surface area contributed by atoms with Crippen molar-refractivity contribution >= 4 is 62.7 Å². The molecule has 0 atom stereocenters. The van der Waals surface area contributed by atoms with Gasteiger partial charge in [-0.05, 0) is 49.0 Å². The molecule has 0 radical (unpaired) electrons. The molecule has 0 unspecified atom stereocenters. The Kier molecular flexibility index (Phi) is 5.97. The molecule has 31 heavy (non-hydrogen) atoms. The molecule has 1 N–H and O–H groups in total. The van der Waals surface area contributed by atoms with Crippen molar-refractivity contribution in [1.82, 2.24) is 10.3 Å². The van der Waals surface area contributed by atoms with Crippen LogP contribution in [0.25, 0.3) is 6.08 Å². The van der Waals surface area contributed by atoms with Gasteiger partial charge in [0, 0.05) is 12.3 Å². The van der Waals surface area contributed by atoms with E-state index in [1.807, 2.05) is 31.2 Å². The van der Waals surface area contributed by atoms with Gasteiger partial charge in [-0.3, -0.25) is 14.5 Å². The molecule has 156 valence electrons. The second-order valence-corrected chi connectivity index (χ2v) is 8.55. The number of nitrogens with one attached hydrogen (secondary N) is 1. The van der Waals surface area contributed by atoms with E-state index in [0.717, 1.165) is 11.3 Å². The Balaban J connectivity index is 1.57. The molecule has 1 fully saturated rings. The summed E-state index contributed by atoms with van der Waals surface area (Å²) in [5, 5.41) is 5.25. The summed E-state index contributed by atoms with van der Waals surface area (Å²) in [7, 11) is 0. The minimum atomic E-state index is -0.518. The SMILES string of the molecule is CC(=O)N(c1nc(C=C2SC(=Nc3ccc(C)cc3)NC2=O)cs1)c1ccccc1F. The number of carbonyl (C=O) groups is 2. The van der Waals surface area contributed by atoms with E-state index in [4.69, 9.17) is 0 Å². The van der Waals surface area contributed by atoms with Crippen molar-refractivity contribution in [1.29, 1.82) is 0 Å². The first kappa shape index (κ1) is 21.0. The lowest BCUT2D eigenvalue weighted by molar-refractivity contribution is -0.116. The van der Waals surface area contributed by atoms with Crippen LogP contribution in [0, 0.1) is 12.7 Å². The van der Waals surface area contributed by atoms with Gasteiger partial charge in [-0.1, -0.05) is 29.8 Å². The summed E-state index contributed by atoms with van der Waals surface area (Å²) in [5.74, 6) is -1.16. The van der Waals surface area contributed by atoms with Gasteiger partial charge in [-0.15, -0.1) is 11.3 Å². The lowest BCUT2D eigenvalue weighted by Crippen LogP contribution is -2.23. The number of aryl methyl sites for hydroxylation is 1. The van der Waals surface area contributed by atoms with Gasteiger partial charge in [0.1, 0.15) is 5.82 Å². The topological polar surface area (TPSA) is 74.7 Å². The third-order valence-corrected chi connectivity index (χ3v) is 6.06. The molecule has 2 heterocycles. The number of thiazole rings is 1. The third-order valence-electron chi connectivity index (χ3n) is 4.30. The van der Waals surface area contributed by atoms with Gasteiger partial charge in [0.25, 0.3) is 5.91 Å². The van der Waals surface area contributed by atoms with Crippen molar-refractivity contribution in [2.75, 3.05) is 4.90 Å². The highest BCUT2D eigenvalue weighted by atomic mass is 32.2. The number of benzene rings is 2. The molecule has 0 aliphatic carbocycles. The lowest BCUT2D eigenvalue weighted by atomic mass is 10.2. The van der Waals surface area contributed by atoms with Gasteiger partial charge in [-0.2, -0.15) is 0 Å². The number of rotatable bonds is 4. The summed E-state index contributed by atoms with van der Waals surface area (Å²) in [5.41, 5.74) is 2.50. The number of aliphatic imine (C=N–C) groups is 1. The number of halogens is 1. The van der Waals surface area contributed by atoms with Crippen LogP contribution < -0.4 is 10.2 Å². The first-order valence-electron chi connectivity index (χ1n) is 9.28. The third kappa shape index (κ3) is 4.73. The van der Waals surface area contributed by atoms with Gasteiger partial charge in [0.15, 0.2) is 10.3 Å². The largest absolute Gasteiger partial charge is 0.300 e. The zero-order valence-electron chi connectivity index (χ0n) is 16.6. The zero-order valence-corrected chi connectivity index (χ0v) is 18.3. The van der Waals surface area contributed by atoms with E-state index in [-0.39, 0.29) is 17.5 Å². The van der Waals surface area contributed by atoms with Crippen molar-refractivity contribution in [3.05, 3.63) is 75.9 Å². The van der Waals surface area contributed by atoms with Crippen LogP contribution in [0.4, 0.5) is 20.9 Å². The van der Waals surface area contributed by atoms with Crippen molar-refractivity contribution in [2.24, 2.45) is 4.99 Å². The van der Waals surface area contributed by atoms with E-state index in [0.29, 0.717) is 20.9 Å². The fourth-order valence-corrected chi connectivity index (χ4v) is 4.50. The zero-order chi connectivity index (χ0) is 22.0. The summed E-state index contributed by atoms with van der Waals surface area (Å²) >= 11 is 2.40. The van der Waals surface area contributed by atoms with Gasteiger partial charge in [0.2, 0.25) is 5.91 Å². The minimum Gasteiger partial charge on any atom is -0.300 e. The maximum atomic E-state index is 14.2. The van der Waals surface area contributed by atoms with E-state index in [1.165, 1.54) is 47.1 Å². The van der Waals surface area contributed by atoms with E-state index in [2.05, 4.69) is 15.3 Å². The molecule has 4 rings (SSSR count). The number of nitrogens with zero attached hydrogens (tertiary/aromatic N) is 3. The van der Waals surface area contributed by atoms with Crippen molar-refractivity contribution < 1.29 is 14.0 Å². The summed E-state index contributed by atoms with van der Waals surface area (Å²) < 4.78 is 14.2. The number of carbonyl (C=O) groups excluding carboxylic acids is 2. The van der Waals surface area contributed by atoms with Crippen LogP contribution in [-0.2, 0) is 9.59 Å². The van der Waals surface area contributed by atoms with Gasteiger partial charge in [-0.25, -0.2) is 14.4 Å². The second-order valence-electron chi connectivity index (χ2n) is 6.68. The molecule has 1 aliphatic heterocycles. The van der Waals surface area contributed by atoms with Crippen molar-refractivity contribution in [3.8, 4) is 0 Å². The highest BCUT2D eigenvalue weighted by molar-refractivity contribution is 8.18. The van der Waals surface area contributed by atoms with E-state index < -0.39 is 5.82 Å². The molecular formula is C22H17FN4O2S2. The molecule has 1 saturated heterocycles. The van der Waals surface area contributed by atoms with Crippen LogP contribution in [0.5, 0.6) is 0 Å². The fraction of sp³-hybridized carbons (Fsp3) is 0.0909. The minimum absolute atomic E-state index is 0.129. The molecule has 0 spiro atoms.